The van der Waals surface area contributed by atoms with E-state index in [2.05, 4.69) is 0 Å². The highest BCUT2D eigenvalue weighted by atomic mass is 19.1. The van der Waals surface area contributed by atoms with Crippen molar-refractivity contribution in [1.82, 2.24) is 0 Å². The number of ether oxygens (including phenoxy) is 2. The number of rotatable bonds is 3. The molecule has 0 unspecified atom stereocenters. The predicted molar refractivity (Wildman–Crippen MR) is 91.5 cm³/mol. The molecule has 0 saturated heterocycles. The van der Waals surface area contributed by atoms with E-state index in [-0.39, 0.29) is 5.82 Å². The minimum absolute atomic E-state index is 0.271. The summed E-state index contributed by atoms with van der Waals surface area (Å²) in [5, 5.41) is 0. The van der Waals surface area contributed by atoms with Crippen LogP contribution < -0.4 is 9.30 Å². The van der Waals surface area contributed by atoms with Gasteiger partial charge in [0.1, 0.15) is 11.6 Å². The summed E-state index contributed by atoms with van der Waals surface area (Å²) < 4.78 is 27.9. The van der Waals surface area contributed by atoms with Gasteiger partial charge < -0.3 is 9.47 Å². The zero-order chi connectivity index (χ0) is 17.2. The second kappa shape index (κ2) is 6.65. The van der Waals surface area contributed by atoms with Gasteiger partial charge in [-0.25, -0.2) is 8.96 Å². The van der Waals surface area contributed by atoms with E-state index in [0.29, 0.717) is 13.2 Å². The molecule has 0 N–H and O–H groups in total. The van der Waals surface area contributed by atoms with Crippen molar-refractivity contribution >= 4 is 0 Å². The van der Waals surface area contributed by atoms with Gasteiger partial charge in [0, 0.05) is 22.8 Å². The van der Waals surface area contributed by atoms with Crippen molar-refractivity contribution in [3.63, 3.8) is 0 Å². The van der Waals surface area contributed by atoms with Gasteiger partial charge >= 0.3 is 0 Å². The molecule has 0 bridgehead atoms. The van der Waals surface area contributed by atoms with Crippen LogP contribution in [0.3, 0.4) is 0 Å². The average Bonchev–Trinajstić information content (AvgIpc) is 2.62. The van der Waals surface area contributed by atoms with E-state index < -0.39 is 6.29 Å². The minimum Gasteiger partial charge on any atom is -0.460 e. The van der Waals surface area contributed by atoms with Crippen molar-refractivity contribution < 1.29 is 18.4 Å². The van der Waals surface area contributed by atoms with E-state index in [1.807, 2.05) is 66.3 Å². The number of hydrogen-bond acceptors (Lipinski definition) is 2. The first-order valence-electron chi connectivity index (χ1n) is 8.29. The third-order valence-corrected chi connectivity index (χ3v) is 4.25. The molecule has 4 heteroatoms. The Morgan fingerprint density at radius 3 is 2.76 bits per heavy atom. The van der Waals surface area contributed by atoms with Crippen molar-refractivity contribution in [1.29, 1.82) is 0 Å². The van der Waals surface area contributed by atoms with Gasteiger partial charge in [0.15, 0.2) is 18.9 Å². The van der Waals surface area contributed by atoms with Gasteiger partial charge in [-0.05, 0) is 25.1 Å². The standard InChI is InChI=1S/C21H19FNO2/c1-15-6-5-9-23(12-15)13-17-10-19(22)11-18-14-24-21(25-20(17)18)16-7-3-2-4-8-16/h2-12,21H,13-14H2,1H3/q+1/t21-/m1/s1. The Balaban J connectivity index is 1.68. The fourth-order valence-electron chi connectivity index (χ4n) is 3.12. The number of hydrogen-bond donors (Lipinski definition) is 0. The van der Waals surface area contributed by atoms with Gasteiger partial charge in [0.2, 0.25) is 6.29 Å². The molecule has 1 aliphatic heterocycles. The van der Waals surface area contributed by atoms with Crippen LogP contribution in [0.25, 0.3) is 0 Å². The highest BCUT2D eigenvalue weighted by Crippen LogP contribution is 2.36. The van der Waals surface area contributed by atoms with Crippen LogP contribution in [0.2, 0.25) is 0 Å². The number of aryl methyl sites for hydroxylation is 1. The van der Waals surface area contributed by atoms with Crippen LogP contribution in [0.15, 0.2) is 67.0 Å². The van der Waals surface area contributed by atoms with E-state index in [1.165, 1.54) is 6.07 Å². The van der Waals surface area contributed by atoms with Gasteiger partial charge in [-0.2, -0.15) is 0 Å². The molecule has 4 rings (SSSR count). The Hall–Kier alpha value is -2.72. The highest BCUT2D eigenvalue weighted by molar-refractivity contribution is 5.43. The SMILES string of the molecule is Cc1ccc[n+](Cc2cc(F)cc3c2O[C@H](c2ccccc2)OC3)c1. The molecule has 1 aromatic heterocycles. The van der Waals surface area contributed by atoms with E-state index in [1.54, 1.807) is 6.07 Å². The fraction of sp³-hybridized carbons (Fsp3) is 0.190. The van der Waals surface area contributed by atoms with Gasteiger partial charge in [-0.15, -0.1) is 0 Å². The molecule has 1 atom stereocenters. The van der Waals surface area contributed by atoms with Gasteiger partial charge in [0.05, 0.1) is 12.2 Å². The first kappa shape index (κ1) is 15.8. The number of halogens is 1. The van der Waals surface area contributed by atoms with E-state index in [9.17, 15) is 4.39 Å². The van der Waals surface area contributed by atoms with E-state index >= 15 is 0 Å². The Morgan fingerprint density at radius 2 is 1.96 bits per heavy atom. The molecule has 2 aromatic carbocycles. The number of benzene rings is 2. The first-order chi connectivity index (χ1) is 12.2. The van der Waals surface area contributed by atoms with Gasteiger partial charge in [-0.3, -0.25) is 0 Å². The molecule has 0 fully saturated rings. The van der Waals surface area contributed by atoms with Crippen LogP contribution in [0.5, 0.6) is 5.75 Å². The number of nitrogens with zero attached hydrogens (tertiary/aromatic N) is 1. The summed E-state index contributed by atoms with van der Waals surface area (Å²) in [5.74, 6) is 0.447. The molecule has 0 aliphatic carbocycles. The highest BCUT2D eigenvalue weighted by Gasteiger charge is 2.26. The molecule has 0 amide bonds. The lowest BCUT2D eigenvalue weighted by molar-refractivity contribution is -0.688. The van der Waals surface area contributed by atoms with Crippen molar-refractivity contribution in [2.75, 3.05) is 0 Å². The molecule has 3 nitrogen and oxygen atoms in total. The van der Waals surface area contributed by atoms with Crippen LogP contribution in [0.4, 0.5) is 4.39 Å². The normalized spacial score (nSPS) is 16.2. The second-order valence-corrected chi connectivity index (χ2v) is 6.28. The smallest absolute Gasteiger partial charge is 0.227 e. The molecule has 0 radical (unpaired) electrons. The van der Waals surface area contributed by atoms with E-state index in [0.717, 1.165) is 28.0 Å². The maximum absolute atomic E-state index is 14.0. The summed E-state index contributed by atoms with van der Waals surface area (Å²) in [7, 11) is 0. The minimum atomic E-state index is -0.472. The largest absolute Gasteiger partial charge is 0.460 e. The topological polar surface area (TPSA) is 22.3 Å². The zero-order valence-electron chi connectivity index (χ0n) is 14.0. The Bertz CT molecular complexity index is 896. The molecule has 1 aliphatic rings. The summed E-state index contributed by atoms with van der Waals surface area (Å²) in [5.41, 5.74) is 3.66. The lowest BCUT2D eigenvalue weighted by Gasteiger charge is -2.28. The quantitative estimate of drug-likeness (QED) is 0.673. The third kappa shape index (κ3) is 3.39. The number of pyridine rings is 1. The molecule has 25 heavy (non-hydrogen) atoms. The first-order valence-corrected chi connectivity index (χ1v) is 8.29. The van der Waals surface area contributed by atoms with E-state index in [4.69, 9.17) is 9.47 Å². The molecular weight excluding hydrogens is 317 g/mol. The Labute approximate surface area is 146 Å². The van der Waals surface area contributed by atoms with Gasteiger partial charge in [-0.1, -0.05) is 30.3 Å². The maximum atomic E-state index is 14.0. The summed E-state index contributed by atoms with van der Waals surface area (Å²) in [6.45, 7) is 2.91. The molecule has 126 valence electrons. The summed E-state index contributed by atoms with van der Waals surface area (Å²) in [6.07, 6.45) is 3.53. The summed E-state index contributed by atoms with van der Waals surface area (Å²) >= 11 is 0. The van der Waals surface area contributed by atoms with Crippen molar-refractivity contribution in [3.05, 3.63) is 95.1 Å². The van der Waals surface area contributed by atoms with Crippen molar-refractivity contribution in [3.8, 4) is 5.75 Å². The van der Waals surface area contributed by atoms with Crippen LogP contribution in [-0.4, -0.2) is 0 Å². The van der Waals surface area contributed by atoms with Crippen LogP contribution in [0.1, 0.15) is 28.5 Å². The van der Waals surface area contributed by atoms with Crippen molar-refractivity contribution in [2.45, 2.75) is 26.4 Å². The lowest BCUT2D eigenvalue weighted by Crippen LogP contribution is -2.34. The number of aromatic nitrogens is 1. The predicted octanol–water partition coefficient (Wildman–Crippen LogP) is 4.08. The summed E-state index contributed by atoms with van der Waals surface area (Å²) in [6, 6.07) is 16.8. The second-order valence-electron chi connectivity index (χ2n) is 6.28. The van der Waals surface area contributed by atoms with Crippen LogP contribution in [-0.2, 0) is 17.9 Å². The summed E-state index contributed by atoms with van der Waals surface area (Å²) in [4.78, 5) is 0. The Kier molecular flexibility index (Phi) is 4.20. The molecular formula is C21H19FNO2+. The van der Waals surface area contributed by atoms with Crippen molar-refractivity contribution in [2.24, 2.45) is 0 Å². The van der Waals surface area contributed by atoms with Gasteiger partial charge in [0.25, 0.3) is 0 Å². The van der Waals surface area contributed by atoms with Crippen LogP contribution in [0, 0.1) is 12.7 Å². The third-order valence-electron chi connectivity index (χ3n) is 4.25. The average molecular weight is 336 g/mol. The molecule has 0 saturated carbocycles. The van der Waals surface area contributed by atoms with Crippen LogP contribution >= 0.6 is 0 Å². The Morgan fingerprint density at radius 1 is 1.12 bits per heavy atom. The fourth-order valence-corrected chi connectivity index (χ4v) is 3.12. The molecule has 2 heterocycles. The molecule has 0 spiro atoms. The maximum Gasteiger partial charge on any atom is 0.227 e. The zero-order valence-corrected chi connectivity index (χ0v) is 14.0. The molecule has 3 aromatic rings. The lowest BCUT2D eigenvalue weighted by atomic mass is 10.1. The monoisotopic (exact) mass is 336 g/mol. The number of fused-ring (bicyclic) bond motifs is 1.